The first-order valence-corrected chi connectivity index (χ1v) is 8.33. The van der Waals surface area contributed by atoms with Gasteiger partial charge in [-0.2, -0.15) is 0 Å². The van der Waals surface area contributed by atoms with Crippen molar-refractivity contribution < 1.29 is 9.90 Å². The summed E-state index contributed by atoms with van der Waals surface area (Å²) in [6, 6.07) is 0. The van der Waals surface area contributed by atoms with E-state index in [0.717, 1.165) is 49.9 Å². The van der Waals surface area contributed by atoms with Crippen molar-refractivity contribution in [2.45, 2.75) is 70.6 Å². The molecule has 19 heavy (non-hydrogen) atoms. The summed E-state index contributed by atoms with van der Waals surface area (Å²) in [7, 11) is 0. The number of rotatable bonds is 3. The predicted octanol–water partition coefficient (Wildman–Crippen LogP) is 4.24. The number of hydrogen-bond acceptors (Lipinski definition) is 1. The van der Waals surface area contributed by atoms with E-state index in [1.807, 2.05) is 0 Å². The normalized spacial score (nSPS) is 46.6. The molecule has 5 rings (SSSR count). The molecule has 0 aliphatic heterocycles. The first kappa shape index (κ1) is 12.2. The van der Waals surface area contributed by atoms with E-state index in [0.29, 0.717) is 5.41 Å². The molecule has 2 heteroatoms. The summed E-state index contributed by atoms with van der Waals surface area (Å²) in [4.78, 5) is 11.8. The number of hydrogen-bond donors (Lipinski definition) is 1. The number of carboxylic acid groups (broad SMARTS) is 1. The van der Waals surface area contributed by atoms with Crippen molar-refractivity contribution in [1.29, 1.82) is 0 Å². The molecule has 0 unspecified atom stereocenters. The molecule has 0 spiro atoms. The van der Waals surface area contributed by atoms with Crippen LogP contribution >= 0.6 is 0 Å². The zero-order valence-corrected chi connectivity index (χ0v) is 11.9. The predicted molar refractivity (Wildman–Crippen MR) is 73.8 cm³/mol. The van der Waals surface area contributed by atoms with Gasteiger partial charge in [0, 0.05) is 0 Å². The quantitative estimate of drug-likeness (QED) is 0.826. The van der Waals surface area contributed by atoms with Crippen molar-refractivity contribution in [2.75, 3.05) is 0 Å². The minimum atomic E-state index is -0.485. The highest BCUT2D eigenvalue weighted by atomic mass is 16.4. The largest absolute Gasteiger partial charge is 0.481 e. The lowest BCUT2D eigenvalue weighted by Gasteiger charge is -2.58. The molecule has 5 fully saturated rings. The lowest BCUT2D eigenvalue weighted by atomic mass is 9.47. The molecule has 0 saturated heterocycles. The minimum absolute atomic E-state index is 0.342. The van der Waals surface area contributed by atoms with Crippen LogP contribution in [0.5, 0.6) is 0 Å². The summed E-state index contributed by atoms with van der Waals surface area (Å²) in [5.74, 6) is 2.34. The third-order valence-corrected chi connectivity index (χ3v) is 6.89. The molecule has 0 aromatic carbocycles. The van der Waals surface area contributed by atoms with Gasteiger partial charge >= 0.3 is 5.97 Å². The highest BCUT2D eigenvalue weighted by Gasteiger charge is 2.55. The first-order chi connectivity index (χ1) is 9.09. The molecule has 0 aromatic rings. The van der Waals surface area contributed by atoms with Gasteiger partial charge in [0.2, 0.25) is 0 Å². The Kier molecular flexibility index (Phi) is 2.57. The van der Waals surface area contributed by atoms with E-state index in [4.69, 9.17) is 0 Å². The second kappa shape index (κ2) is 3.99. The Morgan fingerprint density at radius 2 is 1.42 bits per heavy atom. The molecule has 5 aliphatic carbocycles. The molecule has 0 aromatic heterocycles. The fourth-order valence-electron chi connectivity index (χ4n) is 6.74. The second-order valence-corrected chi connectivity index (χ2v) is 8.39. The average Bonchev–Trinajstić information content (AvgIpc) is 2.76. The van der Waals surface area contributed by atoms with E-state index >= 15 is 0 Å². The summed E-state index contributed by atoms with van der Waals surface area (Å²) in [5.41, 5.74) is 0.0865. The maximum Gasteiger partial charge on any atom is 0.309 e. The van der Waals surface area contributed by atoms with Crippen LogP contribution in [-0.4, -0.2) is 11.1 Å². The van der Waals surface area contributed by atoms with Crippen LogP contribution in [0.15, 0.2) is 0 Å². The van der Waals surface area contributed by atoms with E-state index in [2.05, 4.69) is 0 Å². The van der Waals surface area contributed by atoms with E-state index in [1.54, 1.807) is 0 Å². The number of carboxylic acids is 1. The molecular weight excluding hydrogens is 236 g/mol. The van der Waals surface area contributed by atoms with Crippen molar-refractivity contribution in [3.05, 3.63) is 0 Å². The van der Waals surface area contributed by atoms with Crippen molar-refractivity contribution in [1.82, 2.24) is 0 Å². The molecule has 5 saturated carbocycles. The molecule has 1 N–H and O–H groups in total. The van der Waals surface area contributed by atoms with Gasteiger partial charge in [-0.1, -0.05) is 12.8 Å². The van der Waals surface area contributed by atoms with E-state index in [-0.39, 0.29) is 5.41 Å². The van der Waals surface area contributed by atoms with Crippen molar-refractivity contribution in [3.8, 4) is 0 Å². The Balaban J connectivity index is 1.60. The third-order valence-electron chi connectivity index (χ3n) is 6.89. The lowest BCUT2D eigenvalue weighted by molar-refractivity contribution is -0.155. The monoisotopic (exact) mass is 262 g/mol. The fraction of sp³-hybridized carbons (Fsp3) is 0.941. The summed E-state index contributed by atoms with van der Waals surface area (Å²) in [6.07, 6.45) is 13.6. The van der Waals surface area contributed by atoms with Gasteiger partial charge in [0.1, 0.15) is 0 Å². The molecule has 0 heterocycles. The van der Waals surface area contributed by atoms with Crippen molar-refractivity contribution >= 4 is 5.97 Å². The van der Waals surface area contributed by atoms with Crippen LogP contribution < -0.4 is 0 Å². The zero-order valence-electron chi connectivity index (χ0n) is 11.9. The van der Waals surface area contributed by atoms with Gasteiger partial charge < -0.3 is 5.11 Å². The molecule has 5 aliphatic rings. The molecular formula is C17H26O2. The molecule has 106 valence electrons. The molecule has 0 atom stereocenters. The molecule has 0 amide bonds. The highest BCUT2D eigenvalue weighted by Crippen LogP contribution is 2.64. The minimum Gasteiger partial charge on any atom is -0.481 e. The van der Waals surface area contributed by atoms with Gasteiger partial charge in [0.25, 0.3) is 0 Å². The molecule has 0 radical (unpaired) electrons. The summed E-state index contributed by atoms with van der Waals surface area (Å²) >= 11 is 0. The SMILES string of the molecule is O=C(O)C1(CC23CC4CC(CC(C4)C2)C3)CCCC1. The van der Waals surface area contributed by atoms with Gasteiger partial charge in [-0.25, -0.2) is 0 Å². The maximum absolute atomic E-state index is 11.8. The van der Waals surface area contributed by atoms with Gasteiger partial charge in [-0.3, -0.25) is 4.79 Å². The Hall–Kier alpha value is -0.530. The van der Waals surface area contributed by atoms with Gasteiger partial charge in [-0.05, 0) is 81.0 Å². The van der Waals surface area contributed by atoms with Gasteiger partial charge in [0.15, 0.2) is 0 Å². The van der Waals surface area contributed by atoms with Crippen molar-refractivity contribution in [2.24, 2.45) is 28.6 Å². The van der Waals surface area contributed by atoms with E-state index in [9.17, 15) is 9.90 Å². The Bertz CT molecular complexity index is 357. The lowest BCUT2D eigenvalue weighted by Crippen LogP contribution is -2.49. The highest BCUT2D eigenvalue weighted by molar-refractivity contribution is 5.75. The average molecular weight is 262 g/mol. The number of aliphatic carboxylic acids is 1. The summed E-state index contributed by atoms with van der Waals surface area (Å²) in [6.45, 7) is 0. The summed E-state index contributed by atoms with van der Waals surface area (Å²) < 4.78 is 0. The van der Waals surface area contributed by atoms with Crippen LogP contribution in [0.3, 0.4) is 0 Å². The van der Waals surface area contributed by atoms with Crippen LogP contribution in [0, 0.1) is 28.6 Å². The number of carbonyl (C=O) groups is 1. The van der Waals surface area contributed by atoms with Crippen LogP contribution in [0.25, 0.3) is 0 Å². The smallest absolute Gasteiger partial charge is 0.309 e. The van der Waals surface area contributed by atoms with Crippen LogP contribution in [0.4, 0.5) is 0 Å². The van der Waals surface area contributed by atoms with E-state index in [1.165, 1.54) is 38.5 Å². The van der Waals surface area contributed by atoms with E-state index < -0.39 is 5.97 Å². The Labute approximate surface area is 116 Å². The molecule has 2 nitrogen and oxygen atoms in total. The third kappa shape index (κ3) is 1.86. The second-order valence-electron chi connectivity index (χ2n) is 8.39. The Morgan fingerprint density at radius 1 is 0.947 bits per heavy atom. The topological polar surface area (TPSA) is 37.3 Å². The first-order valence-electron chi connectivity index (χ1n) is 8.33. The fourth-order valence-corrected chi connectivity index (χ4v) is 6.74. The zero-order chi connectivity index (χ0) is 13.1. The van der Waals surface area contributed by atoms with Crippen LogP contribution in [0.2, 0.25) is 0 Å². The van der Waals surface area contributed by atoms with Gasteiger partial charge in [0.05, 0.1) is 5.41 Å². The molecule has 4 bridgehead atoms. The van der Waals surface area contributed by atoms with Crippen LogP contribution in [0.1, 0.15) is 70.6 Å². The summed E-state index contributed by atoms with van der Waals surface area (Å²) in [5, 5.41) is 9.77. The van der Waals surface area contributed by atoms with Crippen LogP contribution in [-0.2, 0) is 4.79 Å². The standard InChI is InChI=1S/C17H26O2/c18-15(19)17(3-1-2-4-17)11-16-8-12-5-13(9-16)7-14(6-12)10-16/h12-14H,1-11H2,(H,18,19). The maximum atomic E-state index is 11.8. The van der Waals surface area contributed by atoms with Gasteiger partial charge in [-0.15, -0.1) is 0 Å². The Morgan fingerprint density at radius 3 is 1.84 bits per heavy atom. The van der Waals surface area contributed by atoms with Crippen molar-refractivity contribution in [3.63, 3.8) is 0 Å².